The van der Waals surface area contributed by atoms with E-state index in [1.807, 2.05) is 24.3 Å². The van der Waals surface area contributed by atoms with Crippen LogP contribution in [-0.4, -0.2) is 48.4 Å². The number of hydrogen-bond donors (Lipinski definition) is 0. The molecule has 1 saturated heterocycles. The molecule has 21 heavy (non-hydrogen) atoms. The lowest BCUT2D eigenvalue weighted by Crippen LogP contribution is -2.42. The van der Waals surface area contributed by atoms with E-state index >= 15 is 0 Å². The molecule has 0 amide bonds. The van der Waals surface area contributed by atoms with Gasteiger partial charge in [-0.1, -0.05) is 24.3 Å². The van der Waals surface area contributed by atoms with Crippen LogP contribution in [0.4, 0.5) is 0 Å². The standard InChI is InChI=1S/C17H24N2O2/c1-13(20)14-5-7-15(8-6-14)16(18-17(2,3)4)19-9-11-21-12-10-19/h5-8H,9-12H2,1-4H3. The van der Waals surface area contributed by atoms with Crippen LogP contribution in [0.15, 0.2) is 29.3 Å². The lowest BCUT2D eigenvalue weighted by molar-refractivity contribution is 0.0679. The fourth-order valence-corrected chi connectivity index (χ4v) is 2.26. The highest BCUT2D eigenvalue weighted by Crippen LogP contribution is 2.16. The third-order valence-electron chi connectivity index (χ3n) is 3.30. The van der Waals surface area contributed by atoms with Crippen LogP contribution in [-0.2, 0) is 4.74 Å². The van der Waals surface area contributed by atoms with Gasteiger partial charge in [-0.15, -0.1) is 0 Å². The van der Waals surface area contributed by atoms with E-state index in [1.54, 1.807) is 6.92 Å². The first-order valence-electron chi connectivity index (χ1n) is 7.41. The number of nitrogens with zero attached hydrogens (tertiary/aromatic N) is 2. The maximum atomic E-state index is 11.4. The number of morpholine rings is 1. The number of benzene rings is 1. The third kappa shape index (κ3) is 4.39. The predicted octanol–water partition coefficient (Wildman–Crippen LogP) is 2.77. The molecule has 0 aliphatic carbocycles. The Hall–Kier alpha value is -1.68. The largest absolute Gasteiger partial charge is 0.378 e. The summed E-state index contributed by atoms with van der Waals surface area (Å²) in [4.78, 5) is 18.5. The number of aliphatic imine (C=N–C) groups is 1. The summed E-state index contributed by atoms with van der Waals surface area (Å²) in [6.45, 7) is 11.0. The molecule has 1 aliphatic heterocycles. The van der Waals surface area contributed by atoms with E-state index in [-0.39, 0.29) is 11.3 Å². The number of rotatable bonds is 2. The molecule has 1 aromatic rings. The van der Waals surface area contributed by atoms with E-state index < -0.39 is 0 Å². The second-order valence-corrected chi connectivity index (χ2v) is 6.34. The molecule has 0 bridgehead atoms. The van der Waals surface area contributed by atoms with Crippen molar-refractivity contribution in [2.24, 2.45) is 4.99 Å². The smallest absolute Gasteiger partial charge is 0.159 e. The van der Waals surface area contributed by atoms with E-state index in [1.165, 1.54) is 0 Å². The number of ether oxygens (including phenoxy) is 1. The molecule has 0 atom stereocenters. The molecule has 1 fully saturated rings. The van der Waals surface area contributed by atoms with Crippen LogP contribution in [0.5, 0.6) is 0 Å². The molecule has 4 nitrogen and oxygen atoms in total. The highest BCUT2D eigenvalue weighted by Gasteiger charge is 2.20. The highest BCUT2D eigenvalue weighted by atomic mass is 16.5. The molecule has 0 radical (unpaired) electrons. The van der Waals surface area contributed by atoms with Crippen LogP contribution in [0.3, 0.4) is 0 Å². The number of carbonyl (C=O) groups excluding carboxylic acids is 1. The number of amidine groups is 1. The minimum absolute atomic E-state index is 0.0854. The lowest BCUT2D eigenvalue weighted by atomic mass is 10.1. The molecule has 1 aliphatic rings. The minimum atomic E-state index is -0.146. The van der Waals surface area contributed by atoms with Crippen LogP contribution in [0, 0.1) is 0 Å². The number of carbonyl (C=O) groups is 1. The first-order chi connectivity index (χ1) is 9.87. The zero-order valence-corrected chi connectivity index (χ0v) is 13.3. The zero-order chi connectivity index (χ0) is 15.5. The summed E-state index contributed by atoms with van der Waals surface area (Å²) in [5.74, 6) is 1.07. The van der Waals surface area contributed by atoms with Crippen molar-refractivity contribution in [1.82, 2.24) is 4.90 Å². The molecule has 0 saturated carbocycles. The van der Waals surface area contributed by atoms with Gasteiger partial charge in [0.25, 0.3) is 0 Å². The van der Waals surface area contributed by atoms with Gasteiger partial charge in [-0.3, -0.25) is 9.79 Å². The molecule has 0 unspecified atom stereocenters. The Balaban J connectivity index is 2.34. The zero-order valence-electron chi connectivity index (χ0n) is 13.3. The van der Waals surface area contributed by atoms with Crippen LogP contribution >= 0.6 is 0 Å². The van der Waals surface area contributed by atoms with Crippen molar-refractivity contribution < 1.29 is 9.53 Å². The van der Waals surface area contributed by atoms with Gasteiger partial charge in [-0.05, 0) is 27.7 Å². The Morgan fingerprint density at radius 1 is 1.10 bits per heavy atom. The average Bonchev–Trinajstić information content (AvgIpc) is 2.45. The SMILES string of the molecule is CC(=O)c1ccc(C(=NC(C)(C)C)N2CCOCC2)cc1. The molecule has 114 valence electrons. The van der Waals surface area contributed by atoms with E-state index in [9.17, 15) is 4.79 Å². The number of hydrogen-bond acceptors (Lipinski definition) is 3. The molecule has 4 heteroatoms. The van der Waals surface area contributed by atoms with Gasteiger partial charge in [0.15, 0.2) is 5.78 Å². The second kappa shape index (κ2) is 6.39. The van der Waals surface area contributed by atoms with Gasteiger partial charge in [0.2, 0.25) is 0 Å². The maximum absolute atomic E-state index is 11.4. The van der Waals surface area contributed by atoms with Gasteiger partial charge in [0.05, 0.1) is 18.8 Å². The molecule has 1 heterocycles. The summed E-state index contributed by atoms with van der Waals surface area (Å²) >= 11 is 0. The lowest BCUT2D eigenvalue weighted by Gasteiger charge is -2.32. The normalized spacial score (nSPS) is 17.0. The van der Waals surface area contributed by atoms with E-state index in [0.29, 0.717) is 0 Å². The summed E-state index contributed by atoms with van der Waals surface area (Å²) in [5.41, 5.74) is 1.64. The Bertz CT molecular complexity index is 521. The average molecular weight is 288 g/mol. The van der Waals surface area contributed by atoms with Gasteiger partial charge < -0.3 is 9.64 Å². The monoisotopic (exact) mass is 288 g/mol. The Labute approximate surface area is 126 Å². The van der Waals surface area contributed by atoms with Crippen molar-refractivity contribution in [3.05, 3.63) is 35.4 Å². The van der Waals surface area contributed by atoms with Crippen molar-refractivity contribution in [3.8, 4) is 0 Å². The van der Waals surface area contributed by atoms with Crippen LogP contribution in [0.2, 0.25) is 0 Å². The Morgan fingerprint density at radius 3 is 2.10 bits per heavy atom. The Morgan fingerprint density at radius 2 is 1.62 bits per heavy atom. The van der Waals surface area contributed by atoms with Crippen LogP contribution < -0.4 is 0 Å². The predicted molar refractivity (Wildman–Crippen MR) is 85.1 cm³/mol. The summed E-state index contributed by atoms with van der Waals surface area (Å²) in [6, 6.07) is 7.71. The first kappa shape index (κ1) is 15.7. The fraction of sp³-hybridized carbons (Fsp3) is 0.529. The van der Waals surface area contributed by atoms with E-state index in [4.69, 9.17) is 9.73 Å². The van der Waals surface area contributed by atoms with Crippen molar-refractivity contribution in [3.63, 3.8) is 0 Å². The van der Waals surface area contributed by atoms with E-state index in [2.05, 4.69) is 25.7 Å². The molecule has 1 aromatic carbocycles. The highest BCUT2D eigenvalue weighted by molar-refractivity contribution is 6.00. The van der Waals surface area contributed by atoms with Gasteiger partial charge in [0, 0.05) is 24.2 Å². The number of ketones is 1. The number of Topliss-reactive ketones (excluding diaryl/α,β-unsaturated/α-hetero) is 1. The topological polar surface area (TPSA) is 41.9 Å². The summed E-state index contributed by atoms with van der Waals surface area (Å²) in [7, 11) is 0. The molecule has 0 N–H and O–H groups in total. The molecule has 2 rings (SSSR count). The quantitative estimate of drug-likeness (QED) is 0.477. The molecular weight excluding hydrogens is 264 g/mol. The van der Waals surface area contributed by atoms with Crippen LogP contribution in [0.1, 0.15) is 43.6 Å². The second-order valence-electron chi connectivity index (χ2n) is 6.34. The molecule has 0 aromatic heterocycles. The third-order valence-corrected chi connectivity index (χ3v) is 3.30. The first-order valence-corrected chi connectivity index (χ1v) is 7.41. The van der Waals surface area contributed by atoms with Crippen molar-refractivity contribution in [1.29, 1.82) is 0 Å². The summed E-state index contributed by atoms with van der Waals surface area (Å²) in [5, 5.41) is 0. The van der Waals surface area contributed by atoms with Crippen LogP contribution in [0.25, 0.3) is 0 Å². The van der Waals surface area contributed by atoms with Crippen molar-refractivity contribution in [2.45, 2.75) is 33.2 Å². The molecule has 0 spiro atoms. The van der Waals surface area contributed by atoms with Gasteiger partial charge >= 0.3 is 0 Å². The summed E-state index contributed by atoms with van der Waals surface area (Å²) < 4.78 is 5.43. The van der Waals surface area contributed by atoms with Crippen molar-refractivity contribution in [2.75, 3.05) is 26.3 Å². The fourth-order valence-electron chi connectivity index (χ4n) is 2.26. The maximum Gasteiger partial charge on any atom is 0.159 e. The minimum Gasteiger partial charge on any atom is -0.378 e. The van der Waals surface area contributed by atoms with Crippen molar-refractivity contribution >= 4 is 11.6 Å². The van der Waals surface area contributed by atoms with Gasteiger partial charge in [0.1, 0.15) is 5.84 Å². The van der Waals surface area contributed by atoms with Gasteiger partial charge in [-0.25, -0.2) is 0 Å². The summed E-state index contributed by atoms with van der Waals surface area (Å²) in [6.07, 6.45) is 0. The van der Waals surface area contributed by atoms with E-state index in [0.717, 1.165) is 43.3 Å². The Kier molecular flexibility index (Phi) is 4.78. The molecular formula is C17H24N2O2. The van der Waals surface area contributed by atoms with Gasteiger partial charge in [-0.2, -0.15) is 0 Å².